The lowest BCUT2D eigenvalue weighted by atomic mass is 10.2. The lowest BCUT2D eigenvalue weighted by molar-refractivity contribution is 0.826. The quantitative estimate of drug-likeness (QED) is 0.589. The molecule has 1 aromatic heterocycles. The zero-order valence-corrected chi connectivity index (χ0v) is 15.7. The molecule has 4 nitrogen and oxygen atoms in total. The second-order valence-corrected chi connectivity index (χ2v) is 7.59. The van der Waals surface area contributed by atoms with Crippen LogP contribution in [0.2, 0.25) is 0 Å². The van der Waals surface area contributed by atoms with Gasteiger partial charge in [-0.3, -0.25) is 5.43 Å². The van der Waals surface area contributed by atoms with E-state index in [1.807, 2.05) is 41.1 Å². The largest absolute Gasteiger partial charge is 0.289 e. The second kappa shape index (κ2) is 6.14. The van der Waals surface area contributed by atoms with Crippen molar-refractivity contribution < 1.29 is 0 Å². The van der Waals surface area contributed by atoms with Crippen LogP contribution in [-0.2, 0) is 0 Å². The lowest BCUT2D eigenvalue weighted by Gasteiger charge is -2.19. The maximum absolute atomic E-state index is 4.32. The first kappa shape index (κ1) is 15.0. The van der Waals surface area contributed by atoms with Gasteiger partial charge in [-0.15, -0.1) is 10.2 Å². The Bertz CT molecular complexity index is 903. The second-order valence-electron chi connectivity index (χ2n) is 4.92. The number of fused-ring (bicyclic) bond motifs is 1. The normalized spacial score (nSPS) is 13.2. The van der Waals surface area contributed by atoms with Crippen molar-refractivity contribution in [2.45, 2.75) is 5.16 Å². The van der Waals surface area contributed by atoms with E-state index in [4.69, 9.17) is 0 Å². The minimum Gasteiger partial charge on any atom is -0.289 e. The summed E-state index contributed by atoms with van der Waals surface area (Å²) in [5, 5.41) is 11.4. The van der Waals surface area contributed by atoms with Crippen LogP contribution in [0.3, 0.4) is 0 Å². The number of nitrogens with one attached hydrogen (secondary N) is 1. The molecule has 0 radical (unpaired) electrons. The van der Waals surface area contributed by atoms with Gasteiger partial charge in [-0.25, -0.2) is 4.68 Å². The van der Waals surface area contributed by atoms with Crippen molar-refractivity contribution in [3.05, 3.63) is 68.4 Å². The van der Waals surface area contributed by atoms with E-state index in [9.17, 15) is 0 Å². The van der Waals surface area contributed by atoms with E-state index >= 15 is 0 Å². The Morgan fingerprint density at radius 3 is 2.52 bits per heavy atom. The molecule has 1 N–H and O–H groups in total. The van der Waals surface area contributed by atoms with Gasteiger partial charge in [0.05, 0.1) is 5.70 Å². The summed E-state index contributed by atoms with van der Waals surface area (Å²) in [5.74, 6) is 0.792. The molecule has 2 heterocycles. The van der Waals surface area contributed by atoms with Gasteiger partial charge in [0.15, 0.2) is 5.82 Å². The number of hydrogen-bond donors (Lipinski definition) is 1. The molecule has 2 aromatic carbocycles. The van der Waals surface area contributed by atoms with Crippen LogP contribution in [-0.4, -0.2) is 14.9 Å². The molecule has 0 spiro atoms. The van der Waals surface area contributed by atoms with E-state index in [-0.39, 0.29) is 0 Å². The number of benzene rings is 2. The average molecular weight is 450 g/mol. The Hall–Kier alpha value is -1.57. The number of thioether (sulfide) groups is 1. The van der Waals surface area contributed by atoms with Gasteiger partial charge in [-0.05, 0) is 24.3 Å². The predicted molar refractivity (Wildman–Crippen MR) is 100 cm³/mol. The predicted octanol–water partition coefficient (Wildman–Crippen LogP) is 5.12. The average Bonchev–Trinajstić information content (AvgIpc) is 2.99. The summed E-state index contributed by atoms with van der Waals surface area (Å²) in [6.45, 7) is 0. The third-order valence-corrected chi connectivity index (χ3v) is 5.24. The van der Waals surface area contributed by atoms with Gasteiger partial charge in [0, 0.05) is 25.5 Å². The third kappa shape index (κ3) is 2.96. The summed E-state index contributed by atoms with van der Waals surface area (Å²) in [5.41, 5.74) is 6.53. The zero-order valence-electron chi connectivity index (χ0n) is 11.7. The first-order valence-electron chi connectivity index (χ1n) is 6.82. The van der Waals surface area contributed by atoms with E-state index in [0.29, 0.717) is 0 Å². The van der Waals surface area contributed by atoms with E-state index in [1.165, 1.54) is 0 Å². The molecule has 7 heteroatoms. The van der Waals surface area contributed by atoms with Gasteiger partial charge < -0.3 is 0 Å². The molecule has 114 valence electrons. The summed E-state index contributed by atoms with van der Waals surface area (Å²) < 4.78 is 4.01. The van der Waals surface area contributed by atoms with Gasteiger partial charge in [-0.2, -0.15) is 0 Å². The van der Waals surface area contributed by atoms with Crippen molar-refractivity contribution >= 4 is 49.3 Å². The van der Waals surface area contributed by atoms with Crippen molar-refractivity contribution in [2.24, 2.45) is 0 Å². The number of halogens is 2. The molecule has 0 aliphatic carbocycles. The molecule has 23 heavy (non-hydrogen) atoms. The highest BCUT2D eigenvalue weighted by molar-refractivity contribution is 9.10. The summed E-state index contributed by atoms with van der Waals surface area (Å²) in [4.78, 5) is 0. The molecule has 1 aliphatic rings. The molecule has 0 fully saturated rings. The first-order chi connectivity index (χ1) is 11.2. The van der Waals surface area contributed by atoms with Crippen LogP contribution in [0, 0.1) is 0 Å². The van der Waals surface area contributed by atoms with Gasteiger partial charge in [0.1, 0.15) is 0 Å². The van der Waals surface area contributed by atoms with Crippen molar-refractivity contribution in [1.29, 1.82) is 0 Å². The molecule has 0 amide bonds. The van der Waals surface area contributed by atoms with Crippen LogP contribution in [0.15, 0.2) is 68.0 Å². The molecule has 0 bridgehead atoms. The fraction of sp³-hybridized carbons (Fsp3) is 0. The SMILES string of the molecule is Brc1ccc(-c2nnc3n2NC(c2cccc(Br)c2)=CS3)cc1. The highest BCUT2D eigenvalue weighted by Crippen LogP contribution is 2.32. The van der Waals surface area contributed by atoms with Crippen molar-refractivity contribution in [3.63, 3.8) is 0 Å². The molecule has 1 aliphatic heterocycles. The summed E-state index contributed by atoms with van der Waals surface area (Å²) in [6.07, 6.45) is 0. The van der Waals surface area contributed by atoms with Crippen LogP contribution in [0.4, 0.5) is 0 Å². The molecule has 4 rings (SSSR count). The maximum Gasteiger partial charge on any atom is 0.214 e. The highest BCUT2D eigenvalue weighted by atomic mass is 79.9. The van der Waals surface area contributed by atoms with Crippen LogP contribution in [0.5, 0.6) is 0 Å². The maximum atomic E-state index is 4.32. The summed E-state index contributed by atoms with van der Waals surface area (Å²) >= 11 is 8.52. The molecule has 3 aromatic rings. The first-order valence-corrected chi connectivity index (χ1v) is 9.28. The topological polar surface area (TPSA) is 42.7 Å². The molecular weight excluding hydrogens is 440 g/mol. The van der Waals surface area contributed by atoms with Crippen molar-refractivity contribution in [2.75, 3.05) is 5.43 Å². The molecule has 0 atom stereocenters. The van der Waals surface area contributed by atoms with Crippen molar-refractivity contribution in [3.8, 4) is 11.4 Å². The Morgan fingerprint density at radius 2 is 1.74 bits per heavy atom. The van der Waals surface area contributed by atoms with Crippen LogP contribution >= 0.6 is 43.6 Å². The summed E-state index contributed by atoms with van der Waals surface area (Å²) in [7, 11) is 0. The van der Waals surface area contributed by atoms with Gasteiger partial charge in [0.2, 0.25) is 5.16 Å². The Kier molecular flexibility index (Phi) is 4.00. The minimum absolute atomic E-state index is 0.792. The third-order valence-electron chi connectivity index (χ3n) is 3.39. The number of hydrogen-bond acceptors (Lipinski definition) is 4. The standard InChI is InChI=1S/C16H10Br2N4S/c17-12-6-4-10(5-7-12)15-19-20-16-22(15)21-14(9-23-16)11-2-1-3-13(18)8-11/h1-9,21H. The zero-order chi connectivity index (χ0) is 15.8. The Labute approximate surface area is 154 Å². The fourth-order valence-electron chi connectivity index (χ4n) is 2.28. The van der Waals surface area contributed by atoms with Gasteiger partial charge >= 0.3 is 0 Å². The van der Waals surface area contributed by atoms with Gasteiger partial charge in [0.25, 0.3) is 0 Å². The van der Waals surface area contributed by atoms with E-state index in [1.54, 1.807) is 11.8 Å². The highest BCUT2D eigenvalue weighted by Gasteiger charge is 2.19. The van der Waals surface area contributed by atoms with Crippen LogP contribution in [0.25, 0.3) is 17.1 Å². The number of nitrogens with zero attached hydrogens (tertiary/aromatic N) is 3. The van der Waals surface area contributed by atoms with E-state index < -0.39 is 0 Å². The monoisotopic (exact) mass is 448 g/mol. The van der Waals surface area contributed by atoms with Gasteiger partial charge in [-0.1, -0.05) is 67.9 Å². The van der Waals surface area contributed by atoms with Crippen LogP contribution in [0.1, 0.15) is 5.56 Å². The Balaban J connectivity index is 1.71. The van der Waals surface area contributed by atoms with Crippen molar-refractivity contribution in [1.82, 2.24) is 14.9 Å². The van der Waals surface area contributed by atoms with Crippen LogP contribution < -0.4 is 5.43 Å². The number of rotatable bonds is 2. The van der Waals surface area contributed by atoms with E-state index in [0.717, 1.165) is 36.8 Å². The molecule has 0 unspecified atom stereocenters. The smallest absolute Gasteiger partial charge is 0.214 e. The molecular formula is C16H10Br2N4S. The Morgan fingerprint density at radius 1 is 0.913 bits per heavy atom. The minimum atomic E-state index is 0.792. The van der Waals surface area contributed by atoms with E-state index in [2.05, 4.69) is 65.0 Å². The number of aromatic nitrogens is 3. The lowest BCUT2D eigenvalue weighted by Crippen LogP contribution is -2.18. The fourth-order valence-corrected chi connectivity index (χ4v) is 3.68. The molecule has 0 saturated heterocycles. The summed E-state index contributed by atoms with van der Waals surface area (Å²) in [6, 6.07) is 16.2. The molecule has 0 saturated carbocycles.